The molecule has 1 unspecified atom stereocenters. The molecule has 0 spiro atoms. The number of carbonyl (C=O) groups is 1. The lowest BCUT2D eigenvalue weighted by Gasteiger charge is -2.15. The highest BCUT2D eigenvalue weighted by atomic mass is 16.1. The van der Waals surface area contributed by atoms with Crippen LogP contribution >= 0.6 is 0 Å². The Kier molecular flexibility index (Phi) is 5.72. The number of hydrogen-bond donors (Lipinski definition) is 2. The highest BCUT2D eigenvalue weighted by molar-refractivity contribution is 5.75. The van der Waals surface area contributed by atoms with E-state index in [0.717, 1.165) is 6.42 Å². The first-order valence-electron chi connectivity index (χ1n) is 4.50. The fourth-order valence-electron chi connectivity index (χ4n) is 1.29. The van der Waals surface area contributed by atoms with E-state index >= 15 is 0 Å². The van der Waals surface area contributed by atoms with Crippen LogP contribution in [-0.2, 0) is 4.79 Å². The Hall–Kier alpha value is -0.570. The minimum Gasteiger partial charge on any atom is -0.359 e. The molecule has 0 aliphatic carbocycles. The lowest BCUT2D eigenvalue weighted by Crippen LogP contribution is -2.26. The van der Waals surface area contributed by atoms with Crippen molar-refractivity contribution in [2.45, 2.75) is 26.7 Å². The Balaban J connectivity index is 3.74. The zero-order chi connectivity index (χ0) is 9.56. The SMILES string of the molecule is CNC(=O)CC(CN)CC(C)C. The molecule has 1 atom stereocenters. The minimum atomic E-state index is 0.0890. The highest BCUT2D eigenvalue weighted by Gasteiger charge is 2.12. The summed E-state index contributed by atoms with van der Waals surface area (Å²) < 4.78 is 0. The molecule has 0 saturated heterocycles. The first kappa shape index (κ1) is 11.4. The van der Waals surface area contributed by atoms with Crippen molar-refractivity contribution in [2.24, 2.45) is 17.6 Å². The summed E-state index contributed by atoms with van der Waals surface area (Å²) in [7, 11) is 1.66. The molecule has 3 N–H and O–H groups in total. The lowest BCUT2D eigenvalue weighted by atomic mass is 9.94. The van der Waals surface area contributed by atoms with Crippen LogP contribution in [-0.4, -0.2) is 19.5 Å². The summed E-state index contributed by atoms with van der Waals surface area (Å²) in [5.41, 5.74) is 5.54. The molecule has 0 radical (unpaired) electrons. The van der Waals surface area contributed by atoms with Gasteiger partial charge in [-0.25, -0.2) is 0 Å². The number of nitrogens with one attached hydrogen (secondary N) is 1. The van der Waals surface area contributed by atoms with Crippen molar-refractivity contribution in [2.75, 3.05) is 13.6 Å². The molecule has 3 heteroatoms. The second kappa shape index (κ2) is 6.00. The first-order chi connectivity index (χ1) is 5.60. The summed E-state index contributed by atoms with van der Waals surface area (Å²) in [6.07, 6.45) is 1.59. The Labute approximate surface area is 74.7 Å². The molecule has 0 aliphatic rings. The molecule has 0 heterocycles. The average molecular weight is 172 g/mol. The highest BCUT2D eigenvalue weighted by Crippen LogP contribution is 2.13. The van der Waals surface area contributed by atoms with Gasteiger partial charge in [0.1, 0.15) is 0 Å². The van der Waals surface area contributed by atoms with Gasteiger partial charge in [0.15, 0.2) is 0 Å². The normalized spacial score (nSPS) is 13.1. The van der Waals surface area contributed by atoms with E-state index in [0.29, 0.717) is 24.8 Å². The Bertz CT molecular complexity index is 134. The fourth-order valence-corrected chi connectivity index (χ4v) is 1.29. The van der Waals surface area contributed by atoms with Crippen LogP contribution in [0.3, 0.4) is 0 Å². The molecule has 1 amide bonds. The number of carbonyl (C=O) groups excluding carboxylic acids is 1. The zero-order valence-corrected chi connectivity index (χ0v) is 8.26. The van der Waals surface area contributed by atoms with Crippen LogP contribution in [0.25, 0.3) is 0 Å². The van der Waals surface area contributed by atoms with Crippen molar-refractivity contribution in [3.63, 3.8) is 0 Å². The monoisotopic (exact) mass is 172 g/mol. The Morgan fingerprint density at radius 2 is 2.08 bits per heavy atom. The zero-order valence-electron chi connectivity index (χ0n) is 8.26. The van der Waals surface area contributed by atoms with E-state index in [1.807, 2.05) is 0 Å². The number of rotatable bonds is 5. The molecule has 0 rings (SSSR count). The van der Waals surface area contributed by atoms with E-state index in [2.05, 4.69) is 19.2 Å². The van der Waals surface area contributed by atoms with E-state index < -0.39 is 0 Å². The summed E-state index contributed by atoms with van der Waals surface area (Å²) >= 11 is 0. The first-order valence-corrected chi connectivity index (χ1v) is 4.50. The molecule has 3 nitrogen and oxygen atoms in total. The van der Waals surface area contributed by atoms with Gasteiger partial charge in [0.05, 0.1) is 0 Å². The molecule has 0 bridgehead atoms. The van der Waals surface area contributed by atoms with Gasteiger partial charge in [-0.3, -0.25) is 4.79 Å². The molecule has 0 fully saturated rings. The summed E-state index contributed by atoms with van der Waals surface area (Å²) in [6.45, 7) is 4.89. The fraction of sp³-hybridized carbons (Fsp3) is 0.889. The summed E-state index contributed by atoms with van der Waals surface area (Å²) in [4.78, 5) is 11.0. The minimum absolute atomic E-state index is 0.0890. The Morgan fingerprint density at radius 1 is 1.50 bits per heavy atom. The molecule has 0 aromatic heterocycles. The van der Waals surface area contributed by atoms with Gasteiger partial charge in [-0.2, -0.15) is 0 Å². The second-order valence-electron chi connectivity index (χ2n) is 3.61. The lowest BCUT2D eigenvalue weighted by molar-refractivity contribution is -0.121. The van der Waals surface area contributed by atoms with E-state index in [-0.39, 0.29) is 5.91 Å². The summed E-state index contributed by atoms with van der Waals surface area (Å²) in [6, 6.07) is 0. The number of amides is 1. The largest absolute Gasteiger partial charge is 0.359 e. The van der Waals surface area contributed by atoms with Crippen LogP contribution in [0.2, 0.25) is 0 Å². The van der Waals surface area contributed by atoms with Gasteiger partial charge in [-0.1, -0.05) is 13.8 Å². The van der Waals surface area contributed by atoms with Crippen LogP contribution in [0.5, 0.6) is 0 Å². The number of hydrogen-bond acceptors (Lipinski definition) is 2. The molecule has 0 saturated carbocycles. The van der Waals surface area contributed by atoms with Gasteiger partial charge in [-0.05, 0) is 24.8 Å². The van der Waals surface area contributed by atoms with E-state index in [9.17, 15) is 4.79 Å². The number of nitrogens with two attached hydrogens (primary N) is 1. The van der Waals surface area contributed by atoms with Crippen molar-refractivity contribution in [3.05, 3.63) is 0 Å². The predicted molar refractivity (Wildman–Crippen MR) is 50.7 cm³/mol. The quantitative estimate of drug-likeness (QED) is 0.642. The summed E-state index contributed by atoms with van der Waals surface area (Å²) in [5, 5.41) is 2.61. The van der Waals surface area contributed by atoms with Gasteiger partial charge in [0.25, 0.3) is 0 Å². The van der Waals surface area contributed by atoms with E-state index in [4.69, 9.17) is 5.73 Å². The van der Waals surface area contributed by atoms with Crippen molar-refractivity contribution >= 4 is 5.91 Å². The van der Waals surface area contributed by atoms with Gasteiger partial charge in [0.2, 0.25) is 5.91 Å². The average Bonchev–Trinajstić information content (AvgIpc) is 2.02. The van der Waals surface area contributed by atoms with Gasteiger partial charge >= 0.3 is 0 Å². The third-order valence-corrected chi connectivity index (χ3v) is 1.89. The maximum Gasteiger partial charge on any atom is 0.220 e. The van der Waals surface area contributed by atoms with Crippen LogP contribution in [0, 0.1) is 11.8 Å². The third-order valence-electron chi connectivity index (χ3n) is 1.89. The van der Waals surface area contributed by atoms with Gasteiger partial charge in [-0.15, -0.1) is 0 Å². The molecular formula is C9H20N2O. The van der Waals surface area contributed by atoms with E-state index in [1.54, 1.807) is 7.05 Å². The molecule has 0 aliphatic heterocycles. The second-order valence-corrected chi connectivity index (χ2v) is 3.61. The van der Waals surface area contributed by atoms with Crippen LogP contribution in [0.4, 0.5) is 0 Å². The smallest absolute Gasteiger partial charge is 0.220 e. The molecule has 72 valence electrons. The molecular weight excluding hydrogens is 152 g/mol. The molecule has 0 aromatic rings. The van der Waals surface area contributed by atoms with Crippen LogP contribution < -0.4 is 11.1 Å². The van der Waals surface area contributed by atoms with Crippen molar-refractivity contribution in [1.29, 1.82) is 0 Å². The maximum absolute atomic E-state index is 11.0. The van der Waals surface area contributed by atoms with Crippen molar-refractivity contribution < 1.29 is 4.79 Å². The summed E-state index contributed by atoms with van der Waals surface area (Å²) in [5.74, 6) is 1.04. The molecule has 0 aromatic carbocycles. The Morgan fingerprint density at radius 3 is 2.42 bits per heavy atom. The third kappa shape index (κ3) is 5.13. The van der Waals surface area contributed by atoms with Crippen LogP contribution in [0.1, 0.15) is 26.7 Å². The van der Waals surface area contributed by atoms with Gasteiger partial charge in [0, 0.05) is 13.5 Å². The predicted octanol–water partition coefficient (Wildman–Crippen LogP) is 0.743. The maximum atomic E-state index is 11.0. The van der Waals surface area contributed by atoms with Crippen molar-refractivity contribution in [1.82, 2.24) is 5.32 Å². The van der Waals surface area contributed by atoms with Crippen molar-refractivity contribution in [3.8, 4) is 0 Å². The molecule has 12 heavy (non-hydrogen) atoms. The topological polar surface area (TPSA) is 55.1 Å². The van der Waals surface area contributed by atoms with Crippen LogP contribution in [0.15, 0.2) is 0 Å². The van der Waals surface area contributed by atoms with E-state index in [1.165, 1.54) is 0 Å². The standard InChI is InChI=1S/C9H20N2O/c1-7(2)4-8(6-10)5-9(12)11-3/h7-8H,4-6,10H2,1-3H3,(H,11,12). The van der Waals surface area contributed by atoms with Gasteiger partial charge < -0.3 is 11.1 Å².